The molecule has 0 fully saturated rings. The topological polar surface area (TPSA) is 92.8 Å². The molecule has 0 aliphatic rings. The summed E-state index contributed by atoms with van der Waals surface area (Å²) < 4.78 is 45.1. The van der Waals surface area contributed by atoms with E-state index < -0.39 is 17.6 Å². The predicted octanol–water partition coefficient (Wildman–Crippen LogP) is 4.88. The number of hydrogen-bond donors (Lipinski definition) is 1. The number of rotatable bonds is 4. The van der Waals surface area contributed by atoms with Crippen LogP contribution in [-0.4, -0.2) is 27.8 Å². The van der Waals surface area contributed by atoms with Crippen LogP contribution < -0.4 is 10.1 Å². The van der Waals surface area contributed by atoms with E-state index in [9.17, 15) is 23.2 Å². The van der Waals surface area contributed by atoms with E-state index in [1.807, 2.05) is 25.1 Å². The molecule has 1 amide bonds. The second kappa shape index (κ2) is 8.27. The molecule has 1 N–H and O–H groups in total. The zero-order valence-corrected chi connectivity index (χ0v) is 17.4. The molecule has 2 heterocycles. The summed E-state index contributed by atoms with van der Waals surface area (Å²) in [6, 6.07) is 12.9. The standard InChI is InChI=1S/C23H16F3N5O2/c1-13-10-19(29-20-17(13)4-3-5-18(20)33-2)31-21(15(11-27)12-28-31)30-22(32)14-6-8-16(9-7-14)23(24,25)26/h3-10,12H,1-2H3,(H,30,32). The number of benzene rings is 2. The number of nitriles is 1. The van der Waals surface area contributed by atoms with Gasteiger partial charge in [-0.25, -0.2) is 4.98 Å². The third-order valence-electron chi connectivity index (χ3n) is 5.03. The van der Waals surface area contributed by atoms with Crippen molar-refractivity contribution in [1.82, 2.24) is 14.8 Å². The van der Waals surface area contributed by atoms with Gasteiger partial charge < -0.3 is 10.1 Å². The normalized spacial score (nSPS) is 11.3. The minimum atomic E-state index is -4.51. The quantitative estimate of drug-likeness (QED) is 0.477. The van der Waals surface area contributed by atoms with Crippen molar-refractivity contribution >= 4 is 22.6 Å². The lowest BCUT2D eigenvalue weighted by Crippen LogP contribution is -2.17. The SMILES string of the molecule is COc1cccc2c(C)cc(-n3ncc(C#N)c3NC(=O)c3ccc(C(F)(F)F)cc3)nc12. The molecule has 2 aromatic heterocycles. The average Bonchev–Trinajstić information content (AvgIpc) is 3.20. The number of aryl methyl sites for hydroxylation is 1. The summed E-state index contributed by atoms with van der Waals surface area (Å²) >= 11 is 0. The molecule has 4 aromatic rings. The Morgan fingerprint density at radius 2 is 1.91 bits per heavy atom. The maximum Gasteiger partial charge on any atom is 0.416 e. The largest absolute Gasteiger partial charge is 0.494 e. The number of anilines is 1. The highest BCUT2D eigenvalue weighted by molar-refractivity contribution is 6.04. The van der Waals surface area contributed by atoms with E-state index in [4.69, 9.17) is 4.74 Å². The first-order chi connectivity index (χ1) is 15.7. The molecule has 0 saturated heterocycles. The van der Waals surface area contributed by atoms with Crippen LogP contribution in [0.2, 0.25) is 0 Å². The Kier molecular flexibility index (Phi) is 5.47. The van der Waals surface area contributed by atoms with E-state index in [2.05, 4.69) is 15.4 Å². The van der Waals surface area contributed by atoms with Crippen molar-refractivity contribution in [2.24, 2.45) is 0 Å². The van der Waals surface area contributed by atoms with Crippen LogP contribution in [0.15, 0.2) is 54.7 Å². The van der Waals surface area contributed by atoms with E-state index in [1.54, 1.807) is 12.1 Å². The summed E-state index contributed by atoms with van der Waals surface area (Å²) in [5.41, 5.74) is 0.623. The Labute approximate surface area is 186 Å². The first kappa shape index (κ1) is 21.8. The number of carbonyl (C=O) groups is 1. The fourth-order valence-electron chi connectivity index (χ4n) is 3.36. The Bertz CT molecular complexity index is 1400. The number of amides is 1. The first-order valence-electron chi connectivity index (χ1n) is 9.64. The number of carbonyl (C=O) groups excluding carboxylic acids is 1. The molecule has 33 heavy (non-hydrogen) atoms. The summed E-state index contributed by atoms with van der Waals surface area (Å²) in [7, 11) is 1.52. The number of methoxy groups -OCH3 is 1. The first-order valence-corrected chi connectivity index (χ1v) is 9.64. The molecule has 0 bridgehead atoms. The highest BCUT2D eigenvalue weighted by atomic mass is 19.4. The molecule has 0 radical (unpaired) electrons. The molecule has 0 atom stereocenters. The molecule has 4 rings (SSSR count). The molecule has 7 nitrogen and oxygen atoms in total. The summed E-state index contributed by atoms with van der Waals surface area (Å²) in [5, 5.41) is 17.1. The Balaban J connectivity index is 1.75. The number of ether oxygens (including phenoxy) is 1. The van der Waals surface area contributed by atoms with Crippen LogP contribution >= 0.6 is 0 Å². The van der Waals surface area contributed by atoms with Crippen molar-refractivity contribution in [3.63, 3.8) is 0 Å². The summed E-state index contributed by atoms with van der Waals surface area (Å²) in [4.78, 5) is 17.3. The molecule has 0 aliphatic heterocycles. The summed E-state index contributed by atoms with van der Waals surface area (Å²) in [6.07, 6.45) is -3.24. The van der Waals surface area contributed by atoms with Gasteiger partial charge in [-0.05, 0) is 48.9 Å². The number of hydrogen-bond acceptors (Lipinski definition) is 5. The third kappa shape index (κ3) is 4.08. The lowest BCUT2D eigenvalue weighted by molar-refractivity contribution is -0.137. The number of nitrogens with zero attached hydrogens (tertiary/aromatic N) is 4. The minimum Gasteiger partial charge on any atom is -0.494 e. The highest BCUT2D eigenvalue weighted by Gasteiger charge is 2.30. The summed E-state index contributed by atoms with van der Waals surface area (Å²) in [6.45, 7) is 1.88. The van der Waals surface area contributed by atoms with Gasteiger partial charge in [0.15, 0.2) is 11.6 Å². The molecule has 0 saturated carbocycles. The van der Waals surface area contributed by atoms with Crippen molar-refractivity contribution in [3.05, 3.63) is 77.0 Å². The monoisotopic (exact) mass is 451 g/mol. The van der Waals surface area contributed by atoms with Gasteiger partial charge in [-0.3, -0.25) is 4.79 Å². The zero-order chi connectivity index (χ0) is 23.8. The molecule has 166 valence electrons. The number of alkyl halides is 3. The fraction of sp³-hybridized carbons (Fsp3) is 0.130. The molecular weight excluding hydrogens is 435 g/mol. The maximum absolute atomic E-state index is 12.8. The number of nitrogens with one attached hydrogen (secondary N) is 1. The lowest BCUT2D eigenvalue weighted by atomic mass is 10.1. The van der Waals surface area contributed by atoms with Crippen molar-refractivity contribution in [1.29, 1.82) is 5.26 Å². The van der Waals surface area contributed by atoms with E-state index in [0.29, 0.717) is 17.1 Å². The Hall–Kier alpha value is -4.39. The van der Waals surface area contributed by atoms with Crippen molar-refractivity contribution < 1.29 is 22.7 Å². The predicted molar refractivity (Wildman–Crippen MR) is 114 cm³/mol. The fourth-order valence-corrected chi connectivity index (χ4v) is 3.36. The van der Waals surface area contributed by atoms with Gasteiger partial charge in [-0.2, -0.15) is 28.2 Å². The van der Waals surface area contributed by atoms with Gasteiger partial charge in [0.2, 0.25) is 0 Å². The zero-order valence-electron chi connectivity index (χ0n) is 17.4. The maximum atomic E-state index is 12.8. The second-order valence-electron chi connectivity index (χ2n) is 7.11. The third-order valence-corrected chi connectivity index (χ3v) is 5.03. The van der Waals surface area contributed by atoms with Crippen LogP contribution in [0.25, 0.3) is 16.7 Å². The van der Waals surface area contributed by atoms with Crippen LogP contribution in [0.1, 0.15) is 27.0 Å². The van der Waals surface area contributed by atoms with Gasteiger partial charge >= 0.3 is 6.18 Å². The van der Waals surface area contributed by atoms with Crippen LogP contribution in [0.3, 0.4) is 0 Å². The van der Waals surface area contributed by atoms with Gasteiger partial charge in [-0.15, -0.1) is 0 Å². The van der Waals surface area contributed by atoms with E-state index in [-0.39, 0.29) is 16.9 Å². The van der Waals surface area contributed by atoms with Crippen molar-refractivity contribution in [2.45, 2.75) is 13.1 Å². The van der Waals surface area contributed by atoms with Crippen LogP contribution in [0, 0.1) is 18.3 Å². The van der Waals surface area contributed by atoms with Crippen LogP contribution in [0.4, 0.5) is 19.0 Å². The number of halogens is 3. The Morgan fingerprint density at radius 3 is 2.55 bits per heavy atom. The molecule has 2 aromatic carbocycles. The van der Waals surface area contributed by atoms with Gasteiger partial charge in [0.1, 0.15) is 22.9 Å². The number of pyridine rings is 1. The van der Waals surface area contributed by atoms with Gasteiger partial charge in [0.25, 0.3) is 5.91 Å². The minimum absolute atomic E-state index is 0.0102. The van der Waals surface area contributed by atoms with Crippen LogP contribution in [0.5, 0.6) is 5.75 Å². The van der Waals surface area contributed by atoms with Crippen molar-refractivity contribution in [3.8, 4) is 17.6 Å². The van der Waals surface area contributed by atoms with Crippen molar-refractivity contribution in [2.75, 3.05) is 12.4 Å². The van der Waals surface area contributed by atoms with E-state index >= 15 is 0 Å². The molecule has 10 heteroatoms. The molecule has 0 spiro atoms. The van der Waals surface area contributed by atoms with Gasteiger partial charge in [0.05, 0.1) is 18.9 Å². The molecule has 0 aliphatic carbocycles. The summed E-state index contributed by atoms with van der Waals surface area (Å²) in [5.74, 6) is 0.217. The number of para-hydroxylation sites is 1. The van der Waals surface area contributed by atoms with E-state index in [1.165, 1.54) is 18.0 Å². The van der Waals surface area contributed by atoms with Gasteiger partial charge in [-0.1, -0.05) is 12.1 Å². The molecular formula is C23H16F3N5O2. The number of aromatic nitrogens is 3. The highest BCUT2D eigenvalue weighted by Crippen LogP contribution is 2.30. The average molecular weight is 451 g/mol. The number of fused-ring (bicyclic) bond motifs is 1. The molecule has 0 unspecified atom stereocenters. The smallest absolute Gasteiger partial charge is 0.416 e. The lowest BCUT2D eigenvalue weighted by Gasteiger charge is -2.13. The second-order valence-corrected chi connectivity index (χ2v) is 7.11. The van der Waals surface area contributed by atoms with Gasteiger partial charge in [0, 0.05) is 10.9 Å². The van der Waals surface area contributed by atoms with Crippen LogP contribution in [-0.2, 0) is 6.18 Å². The van der Waals surface area contributed by atoms with E-state index in [0.717, 1.165) is 35.2 Å². The Morgan fingerprint density at radius 1 is 1.18 bits per heavy atom.